The molecule has 1 aromatic carbocycles. The number of nitrogens with one attached hydrogen (secondary N) is 1. The first kappa shape index (κ1) is 16.8. The van der Waals surface area contributed by atoms with E-state index in [1.165, 1.54) is 25.9 Å². The van der Waals surface area contributed by atoms with E-state index in [9.17, 15) is 4.79 Å². The van der Waals surface area contributed by atoms with Gasteiger partial charge in [-0.05, 0) is 63.9 Å². The van der Waals surface area contributed by atoms with Crippen LogP contribution in [0.3, 0.4) is 0 Å². The lowest BCUT2D eigenvalue weighted by molar-refractivity contribution is -0.128. The summed E-state index contributed by atoms with van der Waals surface area (Å²) in [5.74, 6) is 0.786. The summed E-state index contributed by atoms with van der Waals surface area (Å²) in [6, 6.07) is 7.82. The van der Waals surface area contributed by atoms with Crippen LogP contribution in [0.15, 0.2) is 24.3 Å². The number of hydrogen-bond donors (Lipinski definition) is 1. The second kappa shape index (κ2) is 8.79. The van der Waals surface area contributed by atoms with Crippen LogP contribution in [0.4, 0.5) is 0 Å². The Labute approximate surface area is 133 Å². The third-order valence-corrected chi connectivity index (χ3v) is 4.18. The number of hydrogen-bond acceptors (Lipinski definition) is 3. The van der Waals surface area contributed by atoms with Crippen LogP contribution in [0.5, 0.6) is 5.75 Å². The van der Waals surface area contributed by atoms with E-state index < -0.39 is 6.10 Å². The van der Waals surface area contributed by atoms with E-state index in [4.69, 9.17) is 4.74 Å². The van der Waals surface area contributed by atoms with E-state index >= 15 is 0 Å². The molecule has 2 rings (SSSR count). The minimum Gasteiger partial charge on any atom is -0.480 e. The van der Waals surface area contributed by atoms with Gasteiger partial charge in [-0.25, -0.2) is 0 Å². The molecule has 1 amide bonds. The Kier molecular flexibility index (Phi) is 6.72. The molecule has 0 bridgehead atoms. The van der Waals surface area contributed by atoms with Gasteiger partial charge in [0.25, 0.3) is 5.91 Å². The molecule has 1 aliphatic heterocycles. The van der Waals surface area contributed by atoms with Crippen LogP contribution in [-0.4, -0.2) is 43.1 Å². The molecule has 1 atom stereocenters. The van der Waals surface area contributed by atoms with Gasteiger partial charge in [0.2, 0.25) is 0 Å². The Bertz CT molecular complexity index is 470. The third kappa shape index (κ3) is 5.02. The highest BCUT2D eigenvalue weighted by Gasteiger charge is 2.18. The van der Waals surface area contributed by atoms with Gasteiger partial charge in [-0.3, -0.25) is 4.79 Å². The number of ether oxygens (including phenoxy) is 1. The molecule has 4 heteroatoms. The predicted octanol–water partition coefficient (Wildman–Crippen LogP) is 2.75. The Balaban J connectivity index is 1.73. The maximum atomic E-state index is 12.2. The number of carbonyl (C=O) groups is 1. The Hall–Kier alpha value is -1.55. The van der Waals surface area contributed by atoms with Gasteiger partial charge in [0.15, 0.2) is 6.10 Å². The van der Waals surface area contributed by atoms with Crippen molar-refractivity contribution in [2.24, 2.45) is 0 Å². The van der Waals surface area contributed by atoms with Gasteiger partial charge in [0.1, 0.15) is 5.75 Å². The van der Waals surface area contributed by atoms with Crippen molar-refractivity contribution in [1.82, 2.24) is 10.2 Å². The molecule has 122 valence electrons. The van der Waals surface area contributed by atoms with Crippen LogP contribution in [-0.2, 0) is 4.79 Å². The van der Waals surface area contributed by atoms with Gasteiger partial charge in [-0.2, -0.15) is 0 Å². The second-order valence-electron chi connectivity index (χ2n) is 5.97. The van der Waals surface area contributed by atoms with Crippen molar-refractivity contribution in [1.29, 1.82) is 0 Å². The Morgan fingerprint density at radius 3 is 2.73 bits per heavy atom. The molecule has 1 saturated heterocycles. The summed E-state index contributed by atoms with van der Waals surface area (Å²) in [5, 5.41) is 3.01. The van der Waals surface area contributed by atoms with Gasteiger partial charge >= 0.3 is 0 Å². The smallest absolute Gasteiger partial charge is 0.261 e. The number of amides is 1. The number of aryl methyl sites for hydroxylation is 1. The first-order valence-electron chi connectivity index (χ1n) is 8.43. The fraction of sp³-hybridized carbons (Fsp3) is 0.611. The number of benzene rings is 1. The predicted molar refractivity (Wildman–Crippen MR) is 89.2 cm³/mol. The first-order chi connectivity index (χ1) is 10.7. The highest BCUT2D eigenvalue weighted by atomic mass is 16.5. The van der Waals surface area contributed by atoms with Crippen molar-refractivity contribution in [3.8, 4) is 5.75 Å². The van der Waals surface area contributed by atoms with Crippen molar-refractivity contribution in [3.05, 3.63) is 29.8 Å². The molecular weight excluding hydrogens is 276 g/mol. The normalized spacial score (nSPS) is 16.5. The van der Waals surface area contributed by atoms with E-state index in [1.807, 2.05) is 38.1 Å². The molecule has 0 spiro atoms. The molecular formula is C18H28N2O2. The van der Waals surface area contributed by atoms with Gasteiger partial charge in [-0.1, -0.05) is 25.1 Å². The topological polar surface area (TPSA) is 41.6 Å². The fourth-order valence-corrected chi connectivity index (χ4v) is 2.80. The minimum absolute atomic E-state index is 0.00725. The lowest BCUT2D eigenvalue weighted by Gasteiger charge is -2.19. The molecule has 0 radical (unpaired) electrons. The Morgan fingerprint density at radius 2 is 2.05 bits per heavy atom. The monoisotopic (exact) mass is 304 g/mol. The summed E-state index contributed by atoms with van der Waals surface area (Å²) in [5.41, 5.74) is 1.06. The quantitative estimate of drug-likeness (QED) is 0.751. The third-order valence-electron chi connectivity index (χ3n) is 4.18. The largest absolute Gasteiger partial charge is 0.480 e. The number of nitrogens with zero attached hydrogens (tertiary/aromatic N) is 1. The number of rotatable bonds is 8. The van der Waals surface area contributed by atoms with E-state index in [0.717, 1.165) is 30.8 Å². The average molecular weight is 304 g/mol. The summed E-state index contributed by atoms with van der Waals surface area (Å²) < 4.78 is 5.86. The highest BCUT2D eigenvalue weighted by molar-refractivity contribution is 5.81. The van der Waals surface area contributed by atoms with E-state index in [0.29, 0.717) is 6.42 Å². The summed E-state index contributed by atoms with van der Waals surface area (Å²) in [4.78, 5) is 14.7. The van der Waals surface area contributed by atoms with Crippen molar-refractivity contribution in [2.75, 3.05) is 26.2 Å². The SMILES string of the molecule is CC[C@H](Oc1ccccc1C)C(=O)NCCCN1CCCC1. The lowest BCUT2D eigenvalue weighted by Crippen LogP contribution is -2.39. The summed E-state index contributed by atoms with van der Waals surface area (Å²) >= 11 is 0. The van der Waals surface area contributed by atoms with E-state index in [-0.39, 0.29) is 5.91 Å². The molecule has 1 aromatic rings. The zero-order chi connectivity index (χ0) is 15.8. The second-order valence-corrected chi connectivity index (χ2v) is 5.97. The molecule has 4 nitrogen and oxygen atoms in total. The molecule has 1 aliphatic rings. The molecule has 1 heterocycles. The van der Waals surface area contributed by atoms with Gasteiger partial charge in [-0.15, -0.1) is 0 Å². The van der Waals surface area contributed by atoms with Crippen LogP contribution < -0.4 is 10.1 Å². The summed E-state index contributed by atoms with van der Waals surface area (Å²) in [6.07, 6.45) is 3.90. The fourth-order valence-electron chi connectivity index (χ4n) is 2.80. The number of likely N-dealkylation sites (tertiary alicyclic amines) is 1. The zero-order valence-electron chi connectivity index (χ0n) is 13.8. The maximum absolute atomic E-state index is 12.2. The molecule has 22 heavy (non-hydrogen) atoms. The van der Waals surface area contributed by atoms with Crippen molar-refractivity contribution >= 4 is 5.91 Å². The minimum atomic E-state index is -0.409. The van der Waals surface area contributed by atoms with E-state index in [1.54, 1.807) is 0 Å². The molecule has 1 N–H and O–H groups in total. The van der Waals surface area contributed by atoms with Crippen molar-refractivity contribution in [3.63, 3.8) is 0 Å². The maximum Gasteiger partial charge on any atom is 0.261 e. The molecule has 0 aliphatic carbocycles. The average Bonchev–Trinajstić information content (AvgIpc) is 3.04. The van der Waals surface area contributed by atoms with Crippen LogP contribution in [0.1, 0.15) is 38.2 Å². The first-order valence-corrected chi connectivity index (χ1v) is 8.43. The lowest BCUT2D eigenvalue weighted by atomic mass is 10.2. The summed E-state index contributed by atoms with van der Waals surface area (Å²) in [6.45, 7) is 8.20. The zero-order valence-corrected chi connectivity index (χ0v) is 13.8. The Morgan fingerprint density at radius 1 is 1.32 bits per heavy atom. The molecule has 0 saturated carbocycles. The number of para-hydroxylation sites is 1. The molecule has 1 fully saturated rings. The van der Waals surface area contributed by atoms with Crippen molar-refractivity contribution in [2.45, 2.75) is 45.6 Å². The van der Waals surface area contributed by atoms with Crippen molar-refractivity contribution < 1.29 is 9.53 Å². The molecule has 0 unspecified atom stereocenters. The summed E-state index contributed by atoms with van der Waals surface area (Å²) in [7, 11) is 0. The van der Waals surface area contributed by atoms with Gasteiger partial charge < -0.3 is 15.0 Å². The van der Waals surface area contributed by atoms with Crippen LogP contribution in [0.25, 0.3) is 0 Å². The van der Waals surface area contributed by atoms with Crippen LogP contribution in [0, 0.1) is 6.92 Å². The molecule has 0 aromatic heterocycles. The van der Waals surface area contributed by atoms with Crippen LogP contribution >= 0.6 is 0 Å². The highest BCUT2D eigenvalue weighted by Crippen LogP contribution is 2.18. The number of carbonyl (C=O) groups excluding carboxylic acids is 1. The van der Waals surface area contributed by atoms with Gasteiger partial charge in [0.05, 0.1) is 0 Å². The van der Waals surface area contributed by atoms with Gasteiger partial charge in [0, 0.05) is 6.54 Å². The van der Waals surface area contributed by atoms with Crippen LogP contribution in [0.2, 0.25) is 0 Å². The standard InChI is InChI=1S/C18H28N2O2/c1-3-16(22-17-10-5-4-9-15(17)2)18(21)19-11-8-14-20-12-6-7-13-20/h4-5,9-10,16H,3,6-8,11-14H2,1-2H3,(H,19,21)/t16-/m0/s1. The van der Waals surface area contributed by atoms with E-state index in [2.05, 4.69) is 10.2 Å².